The van der Waals surface area contributed by atoms with Gasteiger partial charge in [-0.1, -0.05) is 0 Å². The van der Waals surface area contributed by atoms with Gasteiger partial charge in [-0.3, -0.25) is 0 Å². The Morgan fingerprint density at radius 2 is 1.00 bits per heavy atom. The van der Waals surface area contributed by atoms with Gasteiger partial charge >= 0.3 is 51.1 Å². The average molecular weight is 306 g/mol. The van der Waals surface area contributed by atoms with Crippen LogP contribution in [0.2, 0.25) is 0 Å². The van der Waals surface area contributed by atoms with E-state index >= 15 is 0 Å². The maximum atomic E-state index is 3.27. The Bertz CT molecular complexity index is 11.6. The van der Waals surface area contributed by atoms with Crippen LogP contribution in [-0.2, 0) is 11.6 Å². The Labute approximate surface area is 55.8 Å². The molecule has 0 aromatic carbocycles. The van der Waals surface area contributed by atoms with Crippen molar-refractivity contribution in [2.75, 3.05) is 0 Å². The molecule has 0 aromatic rings. The van der Waals surface area contributed by atoms with Crippen molar-refractivity contribution in [3.63, 3.8) is 0 Å². The summed E-state index contributed by atoms with van der Waals surface area (Å²) in [5, 5.41) is 0. The second-order valence-electron chi connectivity index (χ2n) is 0.214. The second-order valence-corrected chi connectivity index (χ2v) is 23.9. The molecule has 5 heavy (non-hydrogen) atoms. The van der Waals surface area contributed by atoms with Crippen LogP contribution >= 0.6 is 39.5 Å². The van der Waals surface area contributed by atoms with Crippen molar-refractivity contribution in [2.24, 2.45) is 0 Å². The van der Waals surface area contributed by atoms with Crippen LogP contribution < -0.4 is 0 Å². The van der Waals surface area contributed by atoms with Crippen molar-refractivity contribution in [3.8, 4) is 0 Å². The van der Waals surface area contributed by atoms with Gasteiger partial charge in [0.15, 0.2) is 0 Å². The third-order valence-corrected chi connectivity index (χ3v) is 0. The third kappa shape index (κ3) is 23.2. The second kappa shape index (κ2) is 6.11. The SMILES string of the molecule is O.[Br][Ti]([Br])[Br]. The summed E-state index contributed by atoms with van der Waals surface area (Å²) in [6.07, 6.45) is 0. The molecule has 0 rings (SSSR count). The standard InChI is InChI=1S/3BrH.H2O.Ti/h3*1H;1H2;/q;;;;+3/p-3. The fraction of sp³-hybridized carbons (Fsp3) is 0. The number of rotatable bonds is 0. The maximum absolute atomic E-state index is 3.27. The molecule has 0 spiro atoms. The van der Waals surface area contributed by atoms with Crippen molar-refractivity contribution in [2.45, 2.75) is 0 Å². The number of hydrogen-bond acceptors (Lipinski definition) is 0. The Morgan fingerprint density at radius 3 is 1.00 bits per heavy atom. The van der Waals surface area contributed by atoms with Gasteiger partial charge in [0, 0.05) is 0 Å². The first-order chi connectivity index (χ1) is 1.73. The van der Waals surface area contributed by atoms with Crippen LogP contribution in [0.5, 0.6) is 0 Å². The molecule has 0 fully saturated rings. The zero-order chi connectivity index (χ0) is 3.58. The Balaban J connectivity index is 0. The van der Waals surface area contributed by atoms with Crippen molar-refractivity contribution >= 4 is 39.5 Å². The molecule has 0 aliphatic carbocycles. The van der Waals surface area contributed by atoms with E-state index in [9.17, 15) is 0 Å². The minimum absolute atomic E-state index is 0. The molecule has 0 bridgehead atoms. The van der Waals surface area contributed by atoms with E-state index in [1.54, 1.807) is 0 Å². The first-order valence-electron chi connectivity index (χ1n) is 0.567. The van der Waals surface area contributed by atoms with Crippen LogP contribution in [0, 0.1) is 0 Å². The predicted octanol–water partition coefficient (Wildman–Crippen LogP) is 1.71. The molecule has 0 aromatic heterocycles. The van der Waals surface area contributed by atoms with Gasteiger partial charge in [0.2, 0.25) is 0 Å². The van der Waals surface area contributed by atoms with E-state index in [2.05, 4.69) is 39.5 Å². The Kier molecular flexibility index (Phi) is 12.4. The molecule has 0 aliphatic rings. The fourth-order valence-electron chi connectivity index (χ4n) is 0. The summed E-state index contributed by atoms with van der Waals surface area (Å²) < 4.78 is 0. The van der Waals surface area contributed by atoms with E-state index in [4.69, 9.17) is 0 Å². The van der Waals surface area contributed by atoms with Crippen molar-refractivity contribution < 1.29 is 17.1 Å². The van der Waals surface area contributed by atoms with Crippen LogP contribution in [0.3, 0.4) is 0 Å². The van der Waals surface area contributed by atoms with E-state index in [1.807, 2.05) is 0 Å². The van der Waals surface area contributed by atoms with Crippen molar-refractivity contribution in [3.05, 3.63) is 0 Å². The molecule has 0 radical (unpaired) electrons. The summed E-state index contributed by atoms with van der Waals surface area (Å²) in [6.45, 7) is 0. The van der Waals surface area contributed by atoms with E-state index in [0.717, 1.165) is 0 Å². The molecule has 33 valence electrons. The van der Waals surface area contributed by atoms with Gasteiger partial charge in [-0.2, -0.15) is 0 Å². The molecular weight excluding hydrogens is 304 g/mol. The van der Waals surface area contributed by atoms with Gasteiger partial charge in [-0.25, -0.2) is 0 Å². The van der Waals surface area contributed by atoms with Crippen LogP contribution in [0.1, 0.15) is 0 Å². The molecule has 0 heterocycles. The number of hydrogen-bond donors (Lipinski definition) is 0. The first kappa shape index (κ1) is 10.2. The summed E-state index contributed by atoms with van der Waals surface area (Å²) in [5.74, 6) is 0. The molecule has 0 saturated carbocycles. The van der Waals surface area contributed by atoms with Crippen LogP contribution in [0.15, 0.2) is 0 Å². The monoisotopic (exact) mass is 303 g/mol. The topological polar surface area (TPSA) is 31.5 Å². The molecule has 1 nitrogen and oxygen atoms in total. The summed E-state index contributed by atoms with van der Waals surface area (Å²) in [6, 6.07) is 0. The first-order valence-corrected chi connectivity index (χ1v) is 12.1. The zero-order valence-corrected chi connectivity index (χ0v) is 8.45. The summed E-state index contributed by atoms with van der Waals surface area (Å²) in [7, 11) is 0. The van der Waals surface area contributed by atoms with E-state index in [0.29, 0.717) is 0 Å². The molecule has 0 saturated heterocycles. The van der Waals surface area contributed by atoms with Gasteiger partial charge in [-0.05, 0) is 0 Å². The van der Waals surface area contributed by atoms with Crippen LogP contribution in [0.25, 0.3) is 0 Å². The molecule has 0 atom stereocenters. The molecule has 0 aliphatic heterocycles. The van der Waals surface area contributed by atoms with Crippen molar-refractivity contribution in [1.29, 1.82) is 0 Å². The van der Waals surface area contributed by atoms with Crippen molar-refractivity contribution in [1.82, 2.24) is 0 Å². The average Bonchev–Trinajstić information content (AvgIpc) is 0.811. The summed E-state index contributed by atoms with van der Waals surface area (Å²) in [5.41, 5.74) is 0. The van der Waals surface area contributed by atoms with Gasteiger partial charge in [0.25, 0.3) is 0 Å². The van der Waals surface area contributed by atoms with Gasteiger partial charge < -0.3 is 5.48 Å². The van der Waals surface area contributed by atoms with E-state index in [-0.39, 0.29) is 5.48 Å². The molecule has 0 unspecified atom stereocenters. The Hall–Kier alpha value is 2.11. The fourth-order valence-corrected chi connectivity index (χ4v) is 0. The number of halogens is 3. The van der Waals surface area contributed by atoms with E-state index in [1.165, 1.54) is 0 Å². The predicted molar refractivity (Wildman–Crippen MR) is 30.4 cm³/mol. The molecule has 0 amide bonds. The van der Waals surface area contributed by atoms with E-state index < -0.39 is 11.6 Å². The normalized spacial score (nSPS) is 5.40. The summed E-state index contributed by atoms with van der Waals surface area (Å²) >= 11 is 8.92. The molecule has 2 N–H and O–H groups in total. The minimum atomic E-state index is -0.896. The summed E-state index contributed by atoms with van der Waals surface area (Å²) in [4.78, 5) is 0. The van der Waals surface area contributed by atoms with Crippen LogP contribution in [0.4, 0.5) is 0 Å². The van der Waals surface area contributed by atoms with Crippen LogP contribution in [-0.4, -0.2) is 5.48 Å². The zero-order valence-electron chi connectivity index (χ0n) is 2.13. The third-order valence-electron chi connectivity index (χ3n) is 0. The molecule has 5 heteroatoms. The van der Waals surface area contributed by atoms with Gasteiger partial charge in [0.1, 0.15) is 0 Å². The van der Waals surface area contributed by atoms with Gasteiger partial charge in [-0.15, -0.1) is 0 Å². The molecular formula is H2Br3OTi. The quantitative estimate of drug-likeness (QED) is 0.610. The van der Waals surface area contributed by atoms with Gasteiger partial charge in [0.05, 0.1) is 0 Å². The Morgan fingerprint density at radius 1 is 1.00 bits per heavy atom.